The molecule has 1 atom stereocenters. The van der Waals surface area contributed by atoms with Crippen LogP contribution in [0.1, 0.15) is 37.8 Å². The van der Waals surface area contributed by atoms with Gasteiger partial charge in [-0.05, 0) is 50.5 Å². The van der Waals surface area contributed by atoms with Gasteiger partial charge >= 0.3 is 0 Å². The maximum atomic E-state index is 11.9. The van der Waals surface area contributed by atoms with E-state index >= 15 is 0 Å². The Morgan fingerprint density at radius 2 is 1.91 bits per heavy atom. The molecule has 0 saturated carbocycles. The average molecular weight is 401 g/mol. The highest BCUT2D eigenvalue weighted by Gasteiger charge is 2.09. The SMILES string of the molecule is CCC(C)NC(=O)CCNC(=O)CSc1cc(C)c(Br)cc1C. The number of aryl methyl sites for hydroxylation is 2. The lowest BCUT2D eigenvalue weighted by Crippen LogP contribution is -2.35. The standard InChI is InChI=1S/C17H25BrN2O2S/c1-5-13(4)20-16(21)6-7-19-17(22)10-23-15-9-11(2)14(18)8-12(15)3/h8-9,13H,5-7,10H2,1-4H3,(H,19,22)(H,20,21). The number of carbonyl (C=O) groups excluding carboxylic acids is 2. The largest absolute Gasteiger partial charge is 0.355 e. The molecule has 23 heavy (non-hydrogen) atoms. The third-order valence-electron chi connectivity index (χ3n) is 3.51. The average Bonchev–Trinajstić information content (AvgIpc) is 2.49. The molecule has 1 rings (SSSR count). The number of carbonyl (C=O) groups is 2. The number of amides is 2. The zero-order chi connectivity index (χ0) is 17.4. The predicted octanol–water partition coefficient (Wildman–Crippen LogP) is 3.58. The van der Waals surface area contributed by atoms with E-state index < -0.39 is 0 Å². The van der Waals surface area contributed by atoms with Gasteiger partial charge < -0.3 is 10.6 Å². The molecule has 0 aromatic heterocycles. The minimum Gasteiger partial charge on any atom is -0.355 e. The molecular formula is C17H25BrN2O2S. The van der Waals surface area contributed by atoms with Crippen LogP contribution >= 0.6 is 27.7 Å². The first-order valence-electron chi connectivity index (χ1n) is 7.79. The van der Waals surface area contributed by atoms with Gasteiger partial charge in [0.05, 0.1) is 5.75 Å². The van der Waals surface area contributed by atoms with E-state index in [-0.39, 0.29) is 17.9 Å². The van der Waals surface area contributed by atoms with E-state index in [0.717, 1.165) is 26.9 Å². The van der Waals surface area contributed by atoms with Gasteiger partial charge in [0.2, 0.25) is 11.8 Å². The second kappa shape index (κ2) is 9.98. The number of halogens is 1. The summed E-state index contributed by atoms with van der Waals surface area (Å²) in [5.74, 6) is 0.285. The lowest BCUT2D eigenvalue weighted by atomic mass is 10.2. The molecule has 4 nitrogen and oxygen atoms in total. The van der Waals surface area contributed by atoms with E-state index in [4.69, 9.17) is 0 Å². The van der Waals surface area contributed by atoms with Gasteiger partial charge in [0.25, 0.3) is 0 Å². The Morgan fingerprint density at radius 1 is 1.22 bits per heavy atom. The van der Waals surface area contributed by atoms with Gasteiger partial charge in [-0.1, -0.05) is 22.9 Å². The molecule has 2 amide bonds. The first-order valence-corrected chi connectivity index (χ1v) is 9.57. The van der Waals surface area contributed by atoms with Crippen molar-refractivity contribution in [3.8, 4) is 0 Å². The number of nitrogens with one attached hydrogen (secondary N) is 2. The minimum absolute atomic E-state index is 0.0216. The summed E-state index contributed by atoms with van der Waals surface area (Å²) in [5, 5.41) is 5.67. The number of thioether (sulfide) groups is 1. The summed E-state index contributed by atoms with van der Waals surface area (Å²) in [7, 11) is 0. The van der Waals surface area contributed by atoms with Crippen LogP contribution in [-0.2, 0) is 9.59 Å². The van der Waals surface area contributed by atoms with Gasteiger partial charge in [-0.3, -0.25) is 9.59 Å². The molecular weight excluding hydrogens is 376 g/mol. The highest BCUT2D eigenvalue weighted by Crippen LogP contribution is 2.28. The molecule has 1 aromatic rings. The maximum Gasteiger partial charge on any atom is 0.230 e. The quantitative estimate of drug-likeness (QED) is 0.655. The zero-order valence-corrected chi connectivity index (χ0v) is 16.6. The molecule has 1 aromatic carbocycles. The molecule has 0 aliphatic heterocycles. The topological polar surface area (TPSA) is 58.2 Å². The first kappa shape index (κ1) is 20.0. The van der Waals surface area contributed by atoms with E-state index in [0.29, 0.717) is 18.7 Å². The van der Waals surface area contributed by atoms with E-state index in [1.54, 1.807) is 0 Å². The summed E-state index contributed by atoms with van der Waals surface area (Å²) < 4.78 is 1.08. The van der Waals surface area contributed by atoms with Gasteiger partial charge in [-0.25, -0.2) is 0 Å². The molecule has 0 aliphatic carbocycles. The molecule has 0 aliphatic rings. The number of hydrogen-bond acceptors (Lipinski definition) is 3. The van der Waals surface area contributed by atoms with Crippen molar-refractivity contribution in [3.63, 3.8) is 0 Å². The van der Waals surface area contributed by atoms with Gasteiger partial charge in [-0.15, -0.1) is 11.8 Å². The fourth-order valence-corrected chi connectivity index (χ4v) is 3.26. The van der Waals surface area contributed by atoms with E-state index in [9.17, 15) is 9.59 Å². The Hall–Kier alpha value is -1.01. The molecule has 0 fully saturated rings. The van der Waals surface area contributed by atoms with Crippen LogP contribution < -0.4 is 10.6 Å². The van der Waals surface area contributed by atoms with Crippen molar-refractivity contribution in [2.75, 3.05) is 12.3 Å². The molecule has 0 heterocycles. The molecule has 0 radical (unpaired) electrons. The van der Waals surface area contributed by atoms with Gasteiger partial charge in [-0.2, -0.15) is 0 Å². The van der Waals surface area contributed by atoms with Crippen molar-refractivity contribution in [1.29, 1.82) is 0 Å². The Bertz CT molecular complexity index is 564. The molecule has 0 spiro atoms. The van der Waals surface area contributed by atoms with Crippen LogP contribution in [0.25, 0.3) is 0 Å². The normalized spacial score (nSPS) is 11.9. The fraction of sp³-hybridized carbons (Fsp3) is 0.529. The van der Waals surface area contributed by atoms with E-state index in [1.807, 2.05) is 27.7 Å². The first-order chi connectivity index (χ1) is 10.8. The fourth-order valence-electron chi connectivity index (χ4n) is 1.87. The Kier molecular flexibility index (Phi) is 8.69. The van der Waals surface area contributed by atoms with E-state index in [2.05, 4.69) is 38.7 Å². The van der Waals surface area contributed by atoms with Crippen LogP contribution in [0.2, 0.25) is 0 Å². The van der Waals surface area contributed by atoms with Crippen LogP contribution in [0.3, 0.4) is 0 Å². The van der Waals surface area contributed by atoms with Gasteiger partial charge in [0.1, 0.15) is 0 Å². The van der Waals surface area contributed by atoms with Crippen molar-refractivity contribution in [2.24, 2.45) is 0 Å². The van der Waals surface area contributed by atoms with Crippen LogP contribution in [0.15, 0.2) is 21.5 Å². The van der Waals surface area contributed by atoms with Crippen LogP contribution in [0.4, 0.5) is 0 Å². The van der Waals surface area contributed by atoms with Crippen molar-refractivity contribution >= 4 is 39.5 Å². The number of hydrogen-bond donors (Lipinski definition) is 2. The van der Waals surface area contributed by atoms with Crippen LogP contribution in [0, 0.1) is 13.8 Å². The molecule has 1 unspecified atom stereocenters. The Labute approximate surface area is 151 Å². The van der Waals surface area contributed by atoms with Crippen molar-refractivity contribution in [1.82, 2.24) is 10.6 Å². The monoisotopic (exact) mass is 400 g/mol. The Morgan fingerprint density at radius 3 is 2.57 bits per heavy atom. The van der Waals surface area contributed by atoms with Crippen LogP contribution in [0.5, 0.6) is 0 Å². The summed E-state index contributed by atoms with van der Waals surface area (Å²) >= 11 is 5.02. The third kappa shape index (κ3) is 7.40. The second-order valence-electron chi connectivity index (χ2n) is 5.63. The molecule has 0 saturated heterocycles. The zero-order valence-electron chi connectivity index (χ0n) is 14.2. The predicted molar refractivity (Wildman–Crippen MR) is 99.9 cm³/mol. The van der Waals surface area contributed by atoms with Crippen molar-refractivity contribution in [2.45, 2.75) is 51.5 Å². The lowest BCUT2D eigenvalue weighted by Gasteiger charge is -2.12. The summed E-state index contributed by atoms with van der Waals surface area (Å²) in [4.78, 5) is 24.6. The smallest absolute Gasteiger partial charge is 0.230 e. The maximum absolute atomic E-state index is 11.9. The van der Waals surface area contributed by atoms with Gasteiger partial charge in [0.15, 0.2) is 0 Å². The molecule has 6 heteroatoms. The number of rotatable bonds is 8. The summed E-state index contributed by atoms with van der Waals surface area (Å²) in [6, 6.07) is 4.32. The lowest BCUT2D eigenvalue weighted by molar-refractivity contribution is -0.122. The summed E-state index contributed by atoms with van der Waals surface area (Å²) in [6.07, 6.45) is 1.22. The molecule has 0 bridgehead atoms. The van der Waals surface area contributed by atoms with Crippen molar-refractivity contribution < 1.29 is 9.59 Å². The van der Waals surface area contributed by atoms with Gasteiger partial charge in [0, 0.05) is 28.4 Å². The van der Waals surface area contributed by atoms with E-state index in [1.165, 1.54) is 11.8 Å². The number of benzene rings is 1. The third-order valence-corrected chi connectivity index (χ3v) is 5.52. The Balaban J connectivity index is 2.32. The summed E-state index contributed by atoms with van der Waals surface area (Å²) in [5.41, 5.74) is 2.30. The molecule has 128 valence electrons. The minimum atomic E-state index is -0.0497. The highest BCUT2D eigenvalue weighted by atomic mass is 79.9. The van der Waals surface area contributed by atoms with Crippen LogP contribution in [-0.4, -0.2) is 30.2 Å². The summed E-state index contributed by atoms with van der Waals surface area (Å²) in [6.45, 7) is 8.43. The second-order valence-corrected chi connectivity index (χ2v) is 7.50. The highest BCUT2D eigenvalue weighted by molar-refractivity contribution is 9.10. The molecule has 2 N–H and O–H groups in total. The van der Waals surface area contributed by atoms with Crippen molar-refractivity contribution in [3.05, 3.63) is 27.7 Å².